The lowest BCUT2D eigenvalue weighted by Crippen LogP contribution is -2.38. The molecule has 144 valence electrons. The molecule has 1 aliphatic heterocycles. The first kappa shape index (κ1) is 18.2. The average Bonchev–Trinajstić information content (AvgIpc) is 3.24. The number of hydrogen-bond acceptors (Lipinski definition) is 3. The fourth-order valence-corrected chi connectivity index (χ4v) is 3.76. The van der Waals surface area contributed by atoms with Gasteiger partial charge in [0.15, 0.2) is 0 Å². The molecule has 2 aromatic carbocycles. The molecule has 1 amide bonds. The minimum Gasteiger partial charge on any atom is -0.494 e. The van der Waals surface area contributed by atoms with E-state index in [1.165, 1.54) is 12.1 Å². The van der Waals surface area contributed by atoms with Crippen molar-refractivity contribution in [3.05, 3.63) is 77.9 Å². The third-order valence-electron chi connectivity index (χ3n) is 5.18. The SMILES string of the molecule is COc1ccccc1-n1cc(C(=O)N2CCCCC2c2ccc(F)cc2)cn1. The van der Waals surface area contributed by atoms with E-state index >= 15 is 0 Å². The Morgan fingerprint density at radius 3 is 2.71 bits per heavy atom. The molecule has 1 atom stereocenters. The maximum Gasteiger partial charge on any atom is 0.257 e. The summed E-state index contributed by atoms with van der Waals surface area (Å²) in [6, 6.07) is 13.9. The van der Waals surface area contributed by atoms with Crippen LogP contribution in [0.2, 0.25) is 0 Å². The van der Waals surface area contributed by atoms with Gasteiger partial charge in [-0.25, -0.2) is 9.07 Å². The van der Waals surface area contributed by atoms with Gasteiger partial charge in [-0.2, -0.15) is 5.10 Å². The number of ether oxygens (including phenoxy) is 1. The van der Waals surface area contributed by atoms with E-state index in [1.807, 2.05) is 29.2 Å². The third kappa shape index (κ3) is 3.50. The Morgan fingerprint density at radius 1 is 1.14 bits per heavy atom. The zero-order valence-corrected chi connectivity index (χ0v) is 15.7. The van der Waals surface area contributed by atoms with E-state index in [4.69, 9.17) is 4.74 Å². The Kier molecular flexibility index (Phi) is 5.10. The van der Waals surface area contributed by atoms with Gasteiger partial charge >= 0.3 is 0 Å². The van der Waals surface area contributed by atoms with Crippen molar-refractivity contribution in [2.75, 3.05) is 13.7 Å². The topological polar surface area (TPSA) is 47.4 Å². The van der Waals surface area contributed by atoms with Gasteiger partial charge in [0.05, 0.1) is 24.9 Å². The quantitative estimate of drug-likeness (QED) is 0.676. The molecule has 1 saturated heterocycles. The zero-order chi connectivity index (χ0) is 19.5. The number of nitrogens with zero attached hydrogens (tertiary/aromatic N) is 3. The van der Waals surface area contributed by atoms with Crippen LogP contribution in [0.1, 0.15) is 41.2 Å². The summed E-state index contributed by atoms with van der Waals surface area (Å²) in [5, 5.41) is 4.36. The monoisotopic (exact) mass is 379 g/mol. The highest BCUT2D eigenvalue weighted by Gasteiger charge is 2.29. The van der Waals surface area contributed by atoms with E-state index in [1.54, 1.807) is 36.3 Å². The van der Waals surface area contributed by atoms with Crippen LogP contribution in [0.4, 0.5) is 4.39 Å². The number of amides is 1. The number of carbonyl (C=O) groups excluding carboxylic acids is 1. The number of aromatic nitrogens is 2. The van der Waals surface area contributed by atoms with Crippen LogP contribution >= 0.6 is 0 Å². The van der Waals surface area contributed by atoms with E-state index in [9.17, 15) is 9.18 Å². The van der Waals surface area contributed by atoms with Crippen molar-refractivity contribution in [3.8, 4) is 11.4 Å². The minimum absolute atomic E-state index is 0.0449. The van der Waals surface area contributed by atoms with Crippen molar-refractivity contribution >= 4 is 5.91 Å². The number of likely N-dealkylation sites (tertiary alicyclic amines) is 1. The van der Waals surface area contributed by atoms with Crippen molar-refractivity contribution < 1.29 is 13.9 Å². The molecule has 28 heavy (non-hydrogen) atoms. The number of rotatable bonds is 4. The first-order valence-corrected chi connectivity index (χ1v) is 9.42. The van der Waals surface area contributed by atoms with Gasteiger partial charge in [-0.15, -0.1) is 0 Å². The highest BCUT2D eigenvalue weighted by atomic mass is 19.1. The highest BCUT2D eigenvalue weighted by molar-refractivity contribution is 5.94. The standard InChI is InChI=1S/C22H22FN3O2/c1-28-21-8-3-2-7-20(21)26-15-17(14-24-26)22(27)25-13-5-4-6-19(25)16-9-11-18(23)12-10-16/h2-3,7-12,14-15,19H,4-6,13H2,1H3. The minimum atomic E-state index is -0.268. The fraction of sp³-hybridized carbons (Fsp3) is 0.273. The van der Waals surface area contributed by atoms with Crippen LogP contribution in [0.25, 0.3) is 5.69 Å². The Labute approximate surface area is 163 Å². The summed E-state index contributed by atoms with van der Waals surface area (Å²) in [4.78, 5) is 15.1. The molecular formula is C22H22FN3O2. The number of benzene rings is 2. The predicted molar refractivity (Wildman–Crippen MR) is 104 cm³/mol. The van der Waals surface area contributed by atoms with Gasteiger partial charge in [0.2, 0.25) is 0 Å². The van der Waals surface area contributed by atoms with Gasteiger partial charge in [-0.3, -0.25) is 4.79 Å². The Hall–Kier alpha value is -3.15. The summed E-state index contributed by atoms with van der Waals surface area (Å²) in [5.74, 6) is 0.359. The van der Waals surface area contributed by atoms with Crippen molar-refractivity contribution in [2.45, 2.75) is 25.3 Å². The van der Waals surface area contributed by atoms with E-state index < -0.39 is 0 Å². The molecule has 0 aliphatic carbocycles. The Morgan fingerprint density at radius 2 is 1.93 bits per heavy atom. The summed E-state index contributed by atoms with van der Waals surface area (Å²) in [6.45, 7) is 0.681. The summed E-state index contributed by atoms with van der Waals surface area (Å²) in [7, 11) is 1.61. The predicted octanol–water partition coefficient (Wildman–Crippen LogP) is 4.39. The second-order valence-electron chi connectivity index (χ2n) is 6.91. The Bertz CT molecular complexity index is 968. The molecule has 0 bridgehead atoms. The van der Waals surface area contributed by atoms with E-state index in [0.717, 1.165) is 30.5 Å². The molecule has 3 aromatic rings. The number of halogens is 1. The van der Waals surface area contributed by atoms with Crippen LogP contribution in [0.15, 0.2) is 60.9 Å². The summed E-state index contributed by atoms with van der Waals surface area (Å²) >= 11 is 0. The van der Waals surface area contributed by atoms with Gasteiger partial charge in [0.1, 0.15) is 17.3 Å². The van der Waals surface area contributed by atoms with Crippen molar-refractivity contribution in [3.63, 3.8) is 0 Å². The summed E-state index contributed by atoms with van der Waals surface area (Å²) in [6.07, 6.45) is 6.20. The second kappa shape index (κ2) is 7.84. The van der Waals surface area contributed by atoms with Crippen LogP contribution in [0.5, 0.6) is 5.75 Å². The first-order valence-electron chi connectivity index (χ1n) is 9.42. The molecule has 0 radical (unpaired) electrons. The van der Waals surface area contributed by atoms with Crippen LogP contribution in [-0.2, 0) is 0 Å². The fourth-order valence-electron chi connectivity index (χ4n) is 3.76. The van der Waals surface area contributed by atoms with E-state index in [0.29, 0.717) is 17.9 Å². The van der Waals surface area contributed by atoms with Crippen molar-refractivity contribution in [1.29, 1.82) is 0 Å². The molecule has 0 N–H and O–H groups in total. The van der Waals surface area contributed by atoms with Crippen LogP contribution in [0.3, 0.4) is 0 Å². The highest BCUT2D eigenvalue weighted by Crippen LogP contribution is 2.32. The van der Waals surface area contributed by atoms with Gasteiger partial charge in [0.25, 0.3) is 5.91 Å². The molecule has 1 unspecified atom stereocenters. The molecule has 1 aromatic heterocycles. The maximum absolute atomic E-state index is 13.3. The summed E-state index contributed by atoms with van der Waals surface area (Å²) < 4.78 is 20.3. The van der Waals surface area contributed by atoms with Crippen molar-refractivity contribution in [1.82, 2.24) is 14.7 Å². The lowest BCUT2D eigenvalue weighted by molar-refractivity contribution is 0.0611. The molecule has 4 rings (SSSR count). The molecule has 0 spiro atoms. The van der Waals surface area contributed by atoms with Gasteiger partial charge in [0, 0.05) is 12.7 Å². The number of piperidine rings is 1. The molecule has 1 fully saturated rings. The van der Waals surface area contributed by atoms with Crippen molar-refractivity contribution in [2.24, 2.45) is 0 Å². The maximum atomic E-state index is 13.3. The zero-order valence-electron chi connectivity index (χ0n) is 15.7. The third-order valence-corrected chi connectivity index (χ3v) is 5.18. The molecule has 1 aliphatic rings. The number of hydrogen-bond donors (Lipinski definition) is 0. The second-order valence-corrected chi connectivity index (χ2v) is 6.91. The lowest BCUT2D eigenvalue weighted by atomic mass is 9.94. The molecule has 5 nitrogen and oxygen atoms in total. The number of carbonyl (C=O) groups is 1. The van der Waals surface area contributed by atoms with Crippen LogP contribution in [0, 0.1) is 5.82 Å². The molecular weight excluding hydrogens is 357 g/mol. The van der Waals surface area contributed by atoms with Crippen LogP contribution < -0.4 is 4.74 Å². The first-order chi connectivity index (χ1) is 13.7. The summed E-state index contributed by atoms with van der Waals surface area (Å²) in [5.41, 5.74) is 2.27. The molecule has 0 saturated carbocycles. The Balaban J connectivity index is 1.61. The largest absolute Gasteiger partial charge is 0.494 e. The van der Waals surface area contributed by atoms with Gasteiger partial charge in [-0.1, -0.05) is 24.3 Å². The van der Waals surface area contributed by atoms with Gasteiger partial charge in [-0.05, 0) is 49.1 Å². The lowest BCUT2D eigenvalue weighted by Gasteiger charge is -2.36. The normalized spacial score (nSPS) is 16.8. The smallest absolute Gasteiger partial charge is 0.257 e. The van der Waals surface area contributed by atoms with E-state index in [2.05, 4.69) is 5.10 Å². The molecule has 6 heteroatoms. The molecule has 2 heterocycles. The average molecular weight is 379 g/mol. The van der Waals surface area contributed by atoms with Crippen LogP contribution in [-0.4, -0.2) is 34.2 Å². The van der Waals surface area contributed by atoms with E-state index in [-0.39, 0.29) is 17.8 Å². The van der Waals surface area contributed by atoms with Gasteiger partial charge < -0.3 is 9.64 Å². The number of methoxy groups -OCH3 is 1. The number of para-hydroxylation sites is 2.